The second kappa shape index (κ2) is 5.19. The topological polar surface area (TPSA) is 35.8 Å². The van der Waals surface area contributed by atoms with Crippen LogP contribution in [0.5, 0.6) is 0 Å². The summed E-state index contributed by atoms with van der Waals surface area (Å²) in [7, 11) is 0. The molecule has 0 unspecified atom stereocenters. The van der Waals surface area contributed by atoms with Gasteiger partial charge in [-0.2, -0.15) is 5.26 Å². The number of hydrogen-bond donors (Lipinski definition) is 1. The lowest BCUT2D eigenvalue weighted by atomic mass is 10.1. The molecule has 0 amide bonds. The Morgan fingerprint density at radius 1 is 1.28 bits per heavy atom. The van der Waals surface area contributed by atoms with E-state index in [1.807, 2.05) is 13.0 Å². The van der Waals surface area contributed by atoms with E-state index >= 15 is 0 Å². The zero-order valence-corrected chi connectivity index (χ0v) is 11.3. The lowest BCUT2D eigenvalue weighted by Crippen LogP contribution is -1.95. The van der Waals surface area contributed by atoms with Crippen molar-refractivity contribution in [2.75, 3.05) is 5.32 Å². The van der Waals surface area contributed by atoms with Crippen LogP contribution in [0.1, 0.15) is 11.1 Å². The maximum atomic E-state index is 13.5. The van der Waals surface area contributed by atoms with Gasteiger partial charge in [-0.3, -0.25) is 0 Å². The van der Waals surface area contributed by atoms with Gasteiger partial charge < -0.3 is 5.32 Å². The van der Waals surface area contributed by atoms with Gasteiger partial charge in [-0.05, 0) is 58.7 Å². The number of aryl methyl sites for hydroxylation is 1. The molecule has 0 aliphatic carbocycles. The molecule has 2 aromatic rings. The summed E-state index contributed by atoms with van der Waals surface area (Å²) in [6.07, 6.45) is 0. The number of rotatable bonds is 2. The first-order chi connectivity index (χ1) is 8.60. The molecule has 2 aromatic carbocycles. The van der Waals surface area contributed by atoms with Gasteiger partial charge in [0.05, 0.1) is 16.1 Å². The fourth-order valence-corrected chi connectivity index (χ4v) is 2.06. The third-order valence-corrected chi connectivity index (χ3v) is 3.15. The first kappa shape index (κ1) is 12.6. The third-order valence-electron chi connectivity index (χ3n) is 2.54. The molecule has 1 N–H and O–H groups in total. The van der Waals surface area contributed by atoms with E-state index in [0.717, 1.165) is 11.3 Å². The van der Waals surface area contributed by atoms with Crippen LogP contribution in [0.25, 0.3) is 0 Å². The minimum atomic E-state index is -0.320. The SMILES string of the molecule is Cc1cc(Br)c(F)cc1Nc1cccc(C#N)c1. The van der Waals surface area contributed by atoms with Crippen LogP contribution in [0, 0.1) is 24.1 Å². The fraction of sp³-hybridized carbons (Fsp3) is 0.0714. The lowest BCUT2D eigenvalue weighted by Gasteiger charge is -2.10. The second-order valence-electron chi connectivity index (χ2n) is 3.90. The monoisotopic (exact) mass is 304 g/mol. The van der Waals surface area contributed by atoms with Crippen molar-refractivity contribution in [2.45, 2.75) is 6.92 Å². The summed E-state index contributed by atoms with van der Waals surface area (Å²) in [6.45, 7) is 1.89. The molecule has 0 spiro atoms. The van der Waals surface area contributed by atoms with Crippen molar-refractivity contribution in [3.05, 3.63) is 57.8 Å². The Morgan fingerprint density at radius 2 is 2.06 bits per heavy atom. The summed E-state index contributed by atoms with van der Waals surface area (Å²) in [6, 6.07) is 12.3. The van der Waals surface area contributed by atoms with E-state index in [2.05, 4.69) is 27.3 Å². The Kier molecular flexibility index (Phi) is 3.63. The van der Waals surface area contributed by atoms with Gasteiger partial charge in [0, 0.05) is 11.4 Å². The van der Waals surface area contributed by atoms with Crippen molar-refractivity contribution in [3.63, 3.8) is 0 Å². The van der Waals surface area contributed by atoms with Crippen LogP contribution < -0.4 is 5.32 Å². The molecule has 0 saturated carbocycles. The normalized spacial score (nSPS) is 9.89. The smallest absolute Gasteiger partial charge is 0.139 e. The van der Waals surface area contributed by atoms with Gasteiger partial charge >= 0.3 is 0 Å². The van der Waals surface area contributed by atoms with Crippen LogP contribution in [0.15, 0.2) is 40.9 Å². The van der Waals surface area contributed by atoms with E-state index in [0.29, 0.717) is 15.7 Å². The number of nitrogens with one attached hydrogen (secondary N) is 1. The van der Waals surface area contributed by atoms with Gasteiger partial charge in [0.25, 0.3) is 0 Å². The molecule has 0 fully saturated rings. The Balaban J connectivity index is 2.34. The van der Waals surface area contributed by atoms with Crippen LogP contribution in [0.2, 0.25) is 0 Å². The van der Waals surface area contributed by atoms with Gasteiger partial charge in [-0.15, -0.1) is 0 Å². The van der Waals surface area contributed by atoms with E-state index in [-0.39, 0.29) is 5.82 Å². The molecular weight excluding hydrogens is 295 g/mol. The summed E-state index contributed by atoms with van der Waals surface area (Å²) in [5, 5.41) is 11.9. The standard InChI is InChI=1S/C14H10BrFN2/c1-9-5-12(15)13(16)7-14(9)18-11-4-2-3-10(6-11)8-17/h2-7,18H,1H3. The van der Waals surface area contributed by atoms with Gasteiger partial charge in [0.15, 0.2) is 0 Å². The number of nitrogens with zero attached hydrogens (tertiary/aromatic N) is 1. The summed E-state index contributed by atoms with van der Waals surface area (Å²) < 4.78 is 13.9. The van der Waals surface area contributed by atoms with Gasteiger partial charge in [-0.1, -0.05) is 6.07 Å². The molecule has 18 heavy (non-hydrogen) atoms. The van der Waals surface area contributed by atoms with Crippen LogP contribution in [0.3, 0.4) is 0 Å². The number of benzene rings is 2. The van der Waals surface area contributed by atoms with Crippen molar-refractivity contribution in [3.8, 4) is 6.07 Å². The summed E-state index contributed by atoms with van der Waals surface area (Å²) >= 11 is 3.14. The predicted molar refractivity (Wildman–Crippen MR) is 73.3 cm³/mol. The molecule has 0 aromatic heterocycles. The number of hydrogen-bond acceptors (Lipinski definition) is 2. The molecular formula is C14H10BrFN2. The van der Waals surface area contributed by atoms with Crippen LogP contribution in [-0.2, 0) is 0 Å². The van der Waals surface area contributed by atoms with Crippen molar-refractivity contribution in [2.24, 2.45) is 0 Å². The Labute approximate surface area is 113 Å². The fourth-order valence-electron chi connectivity index (χ4n) is 1.60. The first-order valence-corrected chi connectivity index (χ1v) is 6.12. The molecule has 0 atom stereocenters. The van der Waals surface area contributed by atoms with E-state index < -0.39 is 0 Å². The minimum Gasteiger partial charge on any atom is -0.355 e. The zero-order chi connectivity index (χ0) is 13.1. The Bertz CT molecular complexity index is 632. The molecule has 90 valence electrons. The van der Waals surface area contributed by atoms with Gasteiger partial charge in [0.2, 0.25) is 0 Å². The predicted octanol–water partition coefficient (Wildman–Crippen LogP) is 4.51. The third kappa shape index (κ3) is 2.69. The highest BCUT2D eigenvalue weighted by Crippen LogP contribution is 2.26. The van der Waals surface area contributed by atoms with E-state index in [9.17, 15) is 4.39 Å². The van der Waals surface area contributed by atoms with Crippen LogP contribution in [0.4, 0.5) is 15.8 Å². The highest BCUT2D eigenvalue weighted by Gasteiger charge is 2.05. The van der Waals surface area contributed by atoms with Crippen LogP contribution >= 0.6 is 15.9 Å². The first-order valence-electron chi connectivity index (χ1n) is 5.33. The summed E-state index contributed by atoms with van der Waals surface area (Å²) in [4.78, 5) is 0. The second-order valence-corrected chi connectivity index (χ2v) is 4.75. The maximum Gasteiger partial charge on any atom is 0.139 e. The number of anilines is 2. The quantitative estimate of drug-likeness (QED) is 0.886. The molecule has 0 heterocycles. The number of halogens is 2. The van der Waals surface area contributed by atoms with E-state index in [4.69, 9.17) is 5.26 Å². The summed E-state index contributed by atoms with van der Waals surface area (Å²) in [5.41, 5.74) is 2.94. The van der Waals surface area contributed by atoms with Gasteiger partial charge in [0.1, 0.15) is 5.82 Å². The summed E-state index contributed by atoms with van der Waals surface area (Å²) in [5.74, 6) is -0.320. The van der Waals surface area contributed by atoms with Crippen molar-refractivity contribution < 1.29 is 4.39 Å². The molecule has 0 aliphatic rings. The molecule has 0 aliphatic heterocycles. The molecule has 4 heteroatoms. The van der Waals surface area contributed by atoms with Crippen molar-refractivity contribution in [1.82, 2.24) is 0 Å². The maximum absolute atomic E-state index is 13.5. The van der Waals surface area contributed by atoms with Crippen LogP contribution in [-0.4, -0.2) is 0 Å². The van der Waals surface area contributed by atoms with E-state index in [1.165, 1.54) is 6.07 Å². The molecule has 2 nitrogen and oxygen atoms in total. The van der Waals surface area contributed by atoms with Gasteiger partial charge in [-0.25, -0.2) is 4.39 Å². The molecule has 0 saturated heterocycles. The highest BCUT2D eigenvalue weighted by atomic mass is 79.9. The average molecular weight is 305 g/mol. The Hall–Kier alpha value is -1.86. The largest absolute Gasteiger partial charge is 0.355 e. The number of nitriles is 1. The lowest BCUT2D eigenvalue weighted by molar-refractivity contribution is 0.621. The minimum absolute atomic E-state index is 0.320. The average Bonchev–Trinajstić information content (AvgIpc) is 2.36. The highest BCUT2D eigenvalue weighted by molar-refractivity contribution is 9.10. The molecule has 0 radical (unpaired) electrons. The zero-order valence-electron chi connectivity index (χ0n) is 9.67. The molecule has 0 bridgehead atoms. The Morgan fingerprint density at radius 3 is 2.78 bits per heavy atom. The van der Waals surface area contributed by atoms with Crippen molar-refractivity contribution in [1.29, 1.82) is 5.26 Å². The molecule has 2 rings (SSSR count). The van der Waals surface area contributed by atoms with Crippen molar-refractivity contribution >= 4 is 27.3 Å². The van der Waals surface area contributed by atoms with E-state index in [1.54, 1.807) is 24.3 Å².